The van der Waals surface area contributed by atoms with Crippen LogP contribution in [0.15, 0.2) is 0 Å². The molecule has 88 heavy (non-hydrogen) atoms. The van der Waals surface area contributed by atoms with Gasteiger partial charge >= 0.3 is 11.9 Å². The second-order valence-electron chi connectivity index (χ2n) is 21.8. The summed E-state index contributed by atoms with van der Waals surface area (Å²) in [5, 5.41) is 235. The van der Waals surface area contributed by atoms with Crippen molar-refractivity contribution in [3.05, 3.63) is 0 Å². The molecule has 24 N–H and O–H groups in total. The van der Waals surface area contributed by atoms with Gasteiger partial charge in [0.05, 0.1) is 63.9 Å². The number of carbonyl (C=O) groups is 5. The molecule has 0 radical (unpaired) electrons. The highest BCUT2D eigenvalue weighted by molar-refractivity contribution is 5.77. The van der Waals surface area contributed by atoms with Crippen molar-refractivity contribution in [3.8, 4) is 0 Å². The summed E-state index contributed by atoms with van der Waals surface area (Å²) < 4.78 is 63.8. The van der Waals surface area contributed by atoms with Gasteiger partial charge in [0.2, 0.25) is 17.7 Å². The molecule has 40 heteroatoms. The normalized spacial score (nSPS) is 44.6. The van der Waals surface area contributed by atoms with Gasteiger partial charge in [-0.25, -0.2) is 9.59 Å². The van der Waals surface area contributed by atoms with Crippen LogP contribution in [0.25, 0.3) is 0 Å². The number of carboxylic acid groups (broad SMARTS) is 2. The number of amides is 3. The van der Waals surface area contributed by atoms with Gasteiger partial charge < -0.3 is 175 Å². The zero-order valence-electron chi connectivity index (χ0n) is 46.9. The minimum absolute atomic E-state index is 0.864. The first-order valence-electron chi connectivity index (χ1n) is 27.4. The number of rotatable bonds is 25. The van der Waals surface area contributed by atoms with Gasteiger partial charge in [-0.15, -0.1) is 0 Å². The van der Waals surface area contributed by atoms with Crippen LogP contribution < -0.4 is 16.0 Å². The van der Waals surface area contributed by atoms with Crippen molar-refractivity contribution in [1.29, 1.82) is 0 Å². The molecule has 0 unspecified atom stereocenters. The minimum Gasteiger partial charge on any atom is -0.477 e. The van der Waals surface area contributed by atoms with Crippen molar-refractivity contribution in [2.45, 2.75) is 229 Å². The summed E-state index contributed by atoms with van der Waals surface area (Å²) in [5.74, 6) is -14.0. The Morgan fingerprint density at radius 2 is 0.807 bits per heavy atom. The number of aliphatic hydroxyl groups excluding tert-OH is 19. The fraction of sp³-hybridized carbons (Fsp3) is 0.896. The molecular weight excluding hydrogens is 1210 g/mol. The zero-order chi connectivity index (χ0) is 65.8. The van der Waals surface area contributed by atoms with Gasteiger partial charge in [0, 0.05) is 33.6 Å². The van der Waals surface area contributed by atoms with Crippen LogP contribution in [0.4, 0.5) is 0 Å². The van der Waals surface area contributed by atoms with Crippen LogP contribution in [0.3, 0.4) is 0 Å². The Morgan fingerprint density at radius 1 is 0.443 bits per heavy atom. The number of carboxylic acids is 2. The first-order valence-corrected chi connectivity index (χ1v) is 27.4. The molecule has 0 aromatic rings. The Morgan fingerprint density at radius 3 is 1.23 bits per heavy atom. The molecule has 6 saturated heterocycles. The van der Waals surface area contributed by atoms with Gasteiger partial charge in [-0.3, -0.25) is 14.4 Å². The third-order valence-corrected chi connectivity index (χ3v) is 15.6. The predicted molar refractivity (Wildman–Crippen MR) is 268 cm³/mol. The molecule has 0 aromatic heterocycles. The molecule has 6 heterocycles. The number of nitrogens with one attached hydrogen (secondary N) is 3. The quantitative estimate of drug-likeness (QED) is 0.0404. The number of aliphatic hydroxyl groups is 19. The summed E-state index contributed by atoms with van der Waals surface area (Å²) >= 11 is 0. The van der Waals surface area contributed by atoms with E-state index in [1.165, 1.54) is 0 Å². The van der Waals surface area contributed by atoms with E-state index in [9.17, 15) is 131 Å². The van der Waals surface area contributed by atoms with Crippen LogP contribution >= 0.6 is 0 Å². The molecule has 0 saturated carbocycles. The lowest BCUT2D eigenvalue weighted by Crippen LogP contribution is -2.72. The van der Waals surface area contributed by atoms with E-state index in [0.29, 0.717) is 0 Å². The van der Waals surface area contributed by atoms with Crippen LogP contribution in [-0.4, -0.2) is 372 Å². The van der Waals surface area contributed by atoms with E-state index in [1.54, 1.807) is 0 Å². The van der Waals surface area contributed by atoms with Crippen molar-refractivity contribution >= 4 is 29.7 Å². The van der Waals surface area contributed by atoms with E-state index in [4.69, 9.17) is 52.1 Å². The average Bonchev–Trinajstić information content (AvgIpc) is 1.30. The number of carbonyl (C=O) groups excluding carboxylic acids is 3. The molecule has 3 amide bonds. The van der Waals surface area contributed by atoms with Gasteiger partial charge in [-0.05, 0) is 0 Å². The molecule has 508 valence electrons. The van der Waals surface area contributed by atoms with Crippen LogP contribution in [0, 0.1) is 0 Å². The molecule has 6 rings (SSSR count). The Labute approximate surface area is 496 Å². The van der Waals surface area contributed by atoms with Gasteiger partial charge in [0.15, 0.2) is 25.2 Å². The summed E-state index contributed by atoms with van der Waals surface area (Å²) in [4.78, 5) is 64.4. The number of hydrogen-bond donors (Lipinski definition) is 24. The molecule has 0 spiro atoms. The van der Waals surface area contributed by atoms with Crippen molar-refractivity contribution < 1.29 is 183 Å². The average molecular weight is 1290 g/mol. The maximum atomic E-state index is 13.6. The fourth-order valence-corrected chi connectivity index (χ4v) is 11.1. The lowest BCUT2D eigenvalue weighted by molar-refractivity contribution is -0.404. The third-order valence-electron chi connectivity index (χ3n) is 15.6. The van der Waals surface area contributed by atoms with E-state index in [1.807, 2.05) is 0 Å². The predicted octanol–water partition coefficient (Wildman–Crippen LogP) is -15.3. The summed E-state index contributed by atoms with van der Waals surface area (Å²) in [6, 6.07) is -5.66. The van der Waals surface area contributed by atoms with Crippen molar-refractivity contribution in [2.24, 2.45) is 0 Å². The number of hydrogen-bond acceptors (Lipinski definition) is 35. The highest BCUT2D eigenvalue weighted by atomic mass is 16.8. The SMILES string of the molecule is CC(=O)N[C@H]1[C@H](O[C@@H]2[C@H](O[C@]3(C(=O)O)C[C@H](O)[C@@H](NC(C)=O)[C@H]([C@H](O)[C@H](O)CO)O3)[C@@H](O)[C@H](O[C@H]3[C@H](O)[C@@H](O)[C@H](O)O[C@@H]3CO)O[C@@H]2CO)O[C@H](CO)[C@@H](O)[C@@H]1O[C@@H]1O[C@H](CO)[C@H](O)[C@H](O[C@]2(C(=O)O)C[C@H](O)[C@@H](NC(C)=O)[C@H]([C@H](O)[C@H](O)CO)O2)[C@H]1O. The Kier molecular flexibility index (Phi) is 25.6. The summed E-state index contributed by atoms with van der Waals surface area (Å²) in [5.41, 5.74) is 0. The topological polar surface area (TPSA) is 648 Å². The van der Waals surface area contributed by atoms with Crippen LogP contribution in [0.1, 0.15) is 33.6 Å². The summed E-state index contributed by atoms with van der Waals surface area (Å²) in [6.07, 6.45) is -63.1. The number of aliphatic carboxylic acids is 2. The van der Waals surface area contributed by atoms with E-state index >= 15 is 0 Å². The molecule has 0 aliphatic carbocycles. The minimum atomic E-state index is -3.44. The van der Waals surface area contributed by atoms with Gasteiger partial charge in [-0.1, -0.05) is 0 Å². The van der Waals surface area contributed by atoms with Crippen LogP contribution in [-0.2, 0) is 76.1 Å². The second-order valence-corrected chi connectivity index (χ2v) is 21.8. The molecule has 0 aromatic carbocycles. The van der Waals surface area contributed by atoms with Crippen molar-refractivity contribution in [2.75, 3.05) is 39.6 Å². The highest BCUT2D eigenvalue weighted by Gasteiger charge is 2.64. The molecule has 40 nitrogen and oxygen atoms in total. The monoisotopic (exact) mass is 1290 g/mol. The third kappa shape index (κ3) is 15.6. The van der Waals surface area contributed by atoms with E-state index in [-0.39, 0.29) is 0 Å². The standard InChI is InChI=1S/C48H79N3O37/c1-12(58)49-23-15(61)4-47(45(74)75,85-37(23)26(65)17(63)6-52)87-39-29(68)20(9-55)80-43(32(39)71)84-36-25(51-14(3)60)42(79-19(8-54)28(36)67)83-35-22(11-57)81-44(82-34-21(10-56)78-41(73)31(70)30(34)69)33(72)40(35)88-48(46(76)77)5-16(62)24(50-13(2)59)38(86-48)27(66)18(64)7-53/h15-44,52-57,61-73H,4-11H2,1-3H3,(H,49,58)(H,50,59)(H,51,60)(H,74,75)(H,76,77)/t15-,16-,17+,18+,19+,20+,21+,22+,23+,24+,25+,26+,27+,28+,29-,30+,31+,32+,33+,34+,35-,36+,37+,38+,39-,40+,41+,42-,43-,44-,47-,48-/m0/s1. The molecule has 6 aliphatic heterocycles. The maximum absolute atomic E-state index is 13.6. The first-order chi connectivity index (χ1) is 41.3. The molecule has 0 bridgehead atoms. The van der Waals surface area contributed by atoms with Gasteiger partial charge in [0.1, 0.15) is 134 Å². The smallest absolute Gasteiger partial charge is 0.364 e. The summed E-state index contributed by atoms with van der Waals surface area (Å²) in [6.45, 7) is -4.55. The fourth-order valence-electron chi connectivity index (χ4n) is 11.1. The molecule has 32 atom stereocenters. The molecule has 6 fully saturated rings. The second kappa shape index (κ2) is 30.7. The van der Waals surface area contributed by atoms with E-state index in [2.05, 4.69) is 16.0 Å². The van der Waals surface area contributed by atoms with Crippen molar-refractivity contribution in [3.63, 3.8) is 0 Å². The summed E-state index contributed by atoms with van der Waals surface area (Å²) in [7, 11) is 0. The molecular formula is C48H79N3O37. The van der Waals surface area contributed by atoms with Crippen LogP contribution in [0.2, 0.25) is 0 Å². The first kappa shape index (κ1) is 73.2. The molecule has 6 aliphatic rings. The Hall–Kier alpha value is -3.85. The van der Waals surface area contributed by atoms with Gasteiger partial charge in [0.25, 0.3) is 11.6 Å². The van der Waals surface area contributed by atoms with E-state index < -0.39 is 277 Å². The lowest BCUT2D eigenvalue weighted by Gasteiger charge is -2.53. The van der Waals surface area contributed by atoms with Crippen molar-refractivity contribution in [1.82, 2.24) is 16.0 Å². The Balaban J connectivity index is 1.42. The Bertz CT molecular complexity index is 2320. The number of ether oxygens (including phenoxy) is 11. The van der Waals surface area contributed by atoms with E-state index in [0.717, 1.165) is 20.8 Å². The van der Waals surface area contributed by atoms with Crippen LogP contribution in [0.5, 0.6) is 0 Å². The van der Waals surface area contributed by atoms with Gasteiger partial charge in [-0.2, -0.15) is 0 Å². The highest BCUT2D eigenvalue weighted by Crippen LogP contribution is 2.42. The largest absolute Gasteiger partial charge is 0.477 e. The zero-order valence-corrected chi connectivity index (χ0v) is 46.9. The maximum Gasteiger partial charge on any atom is 0.364 e. The lowest BCUT2D eigenvalue weighted by atomic mass is 9.88.